The molecule has 1 fully saturated rings. The zero-order valence-electron chi connectivity index (χ0n) is 12.6. The Labute approximate surface area is 121 Å². The predicted octanol–water partition coefficient (Wildman–Crippen LogP) is 2.36. The largest absolute Gasteiger partial charge is 0.493 e. The highest BCUT2D eigenvalue weighted by Gasteiger charge is 2.33. The first-order valence-corrected chi connectivity index (χ1v) is 7.24. The molecule has 2 unspecified atom stereocenters. The molecule has 0 saturated heterocycles. The van der Waals surface area contributed by atoms with Crippen LogP contribution < -0.4 is 14.8 Å². The van der Waals surface area contributed by atoms with Gasteiger partial charge in [0.2, 0.25) is 0 Å². The molecule has 2 N–H and O–H groups in total. The van der Waals surface area contributed by atoms with Crippen LogP contribution >= 0.6 is 0 Å². The van der Waals surface area contributed by atoms with E-state index in [1.807, 2.05) is 38.1 Å². The van der Waals surface area contributed by atoms with Crippen molar-refractivity contribution in [2.75, 3.05) is 13.7 Å². The minimum Gasteiger partial charge on any atom is -0.493 e. The van der Waals surface area contributed by atoms with Crippen LogP contribution in [0.3, 0.4) is 0 Å². The molecular weight excluding hydrogens is 254 g/mol. The molecule has 1 aromatic carbocycles. The van der Waals surface area contributed by atoms with Crippen molar-refractivity contribution in [1.29, 1.82) is 0 Å². The molecule has 0 heterocycles. The fourth-order valence-electron chi connectivity index (χ4n) is 2.50. The molecule has 4 nitrogen and oxygen atoms in total. The van der Waals surface area contributed by atoms with E-state index in [0.717, 1.165) is 17.9 Å². The van der Waals surface area contributed by atoms with Gasteiger partial charge in [0.1, 0.15) is 0 Å². The first kappa shape index (κ1) is 15.1. The quantitative estimate of drug-likeness (QED) is 0.767. The van der Waals surface area contributed by atoms with Gasteiger partial charge in [0.15, 0.2) is 11.5 Å². The summed E-state index contributed by atoms with van der Waals surface area (Å²) in [5, 5.41) is 13.1. The smallest absolute Gasteiger partial charge is 0.161 e. The van der Waals surface area contributed by atoms with Crippen LogP contribution in [0, 0.1) is 0 Å². The number of benzene rings is 1. The van der Waals surface area contributed by atoms with Crippen LogP contribution in [0.1, 0.15) is 33.1 Å². The van der Waals surface area contributed by atoms with Crippen molar-refractivity contribution >= 4 is 0 Å². The van der Waals surface area contributed by atoms with E-state index in [2.05, 4.69) is 5.32 Å². The minimum absolute atomic E-state index is 0.00491. The Bertz CT molecular complexity index is 433. The number of nitrogens with one attached hydrogen (secondary N) is 1. The van der Waals surface area contributed by atoms with Crippen molar-refractivity contribution in [3.05, 3.63) is 24.3 Å². The van der Waals surface area contributed by atoms with Crippen molar-refractivity contribution in [2.45, 2.75) is 50.8 Å². The molecule has 0 radical (unpaired) electrons. The molecule has 2 atom stereocenters. The summed E-state index contributed by atoms with van der Waals surface area (Å²) in [6, 6.07) is 8.20. The van der Waals surface area contributed by atoms with E-state index in [9.17, 15) is 5.11 Å². The maximum Gasteiger partial charge on any atom is 0.161 e. The van der Waals surface area contributed by atoms with E-state index >= 15 is 0 Å². The summed E-state index contributed by atoms with van der Waals surface area (Å²) in [5.41, 5.74) is -0.289. The summed E-state index contributed by atoms with van der Waals surface area (Å²) in [6.45, 7) is 4.19. The summed E-state index contributed by atoms with van der Waals surface area (Å²) in [4.78, 5) is 0. The Kier molecular flexibility index (Phi) is 4.89. The number of para-hydroxylation sites is 2. The third-order valence-corrected chi connectivity index (χ3v) is 3.61. The Morgan fingerprint density at radius 3 is 2.55 bits per heavy atom. The maximum absolute atomic E-state index is 9.63. The normalized spacial score (nSPS) is 19.2. The topological polar surface area (TPSA) is 50.7 Å². The molecule has 4 heteroatoms. The molecule has 20 heavy (non-hydrogen) atoms. The van der Waals surface area contributed by atoms with Crippen molar-refractivity contribution in [1.82, 2.24) is 5.32 Å². The average molecular weight is 279 g/mol. The minimum atomic E-state index is -0.289. The second-order valence-corrected chi connectivity index (χ2v) is 5.92. The molecular formula is C16H25NO3. The van der Waals surface area contributed by atoms with Crippen LogP contribution in [-0.2, 0) is 0 Å². The van der Waals surface area contributed by atoms with Crippen LogP contribution in [0.4, 0.5) is 0 Å². The molecule has 0 aromatic heterocycles. The number of hydrogen-bond donors (Lipinski definition) is 2. The third-order valence-electron chi connectivity index (χ3n) is 3.61. The first-order valence-electron chi connectivity index (χ1n) is 7.24. The number of hydrogen-bond acceptors (Lipinski definition) is 4. The maximum atomic E-state index is 9.63. The van der Waals surface area contributed by atoms with Crippen LogP contribution in [0.25, 0.3) is 0 Å². The Balaban J connectivity index is 1.94. The number of aliphatic hydroxyl groups is 1. The van der Waals surface area contributed by atoms with Crippen LogP contribution in [0.2, 0.25) is 0 Å². The lowest BCUT2D eigenvalue weighted by molar-refractivity contribution is 0.107. The third kappa shape index (κ3) is 4.12. The van der Waals surface area contributed by atoms with E-state index in [1.165, 1.54) is 12.8 Å². The van der Waals surface area contributed by atoms with Crippen LogP contribution in [0.5, 0.6) is 11.5 Å². The van der Waals surface area contributed by atoms with E-state index in [1.54, 1.807) is 7.11 Å². The number of methoxy groups -OCH3 is 1. The highest BCUT2D eigenvalue weighted by atomic mass is 16.5. The Hall–Kier alpha value is -1.26. The molecule has 0 bridgehead atoms. The molecule has 0 amide bonds. The zero-order chi connectivity index (χ0) is 14.6. The second kappa shape index (κ2) is 6.46. The number of ether oxygens (including phenoxy) is 2. The lowest BCUT2D eigenvalue weighted by atomic mass is 9.95. The molecule has 1 saturated carbocycles. The van der Waals surface area contributed by atoms with Gasteiger partial charge in [0, 0.05) is 18.0 Å². The van der Waals surface area contributed by atoms with Crippen LogP contribution in [-0.4, -0.2) is 36.5 Å². The summed E-state index contributed by atoms with van der Waals surface area (Å²) < 4.78 is 11.2. The van der Waals surface area contributed by atoms with Gasteiger partial charge >= 0.3 is 0 Å². The SMILES string of the molecule is COc1ccccc1OC(C)CC(C)(CO)NC1CC1. The molecule has 1 aromatic rings. The van der Waals surface area contributed by atoms with Gasteiger partial charge in [0.05, 0.1) is 19.8 Å². The standard InChI is InChI=1S/C16H25NO3/c1-12(10-16(2,11-18)17-13-8-9-13)20-15-7-5-4-6-14(15)19-3/h4-7,12-13,17-18H,8-11H2,1-3H3. The highest BCUT2D eigenvalue weighted by molar-refractivity contribution is 5.39. The molecule has 0 spiro atoms. The van der Waals surface area contributed by atoms with Crippen LogP contribution in [0.15, 0.2) is 24.3 Å². The van der Waals surface area contributed by atoms with E-state index < -0.39 is 0 Å². The van der Waals surface area contributed by atoms with Gasteiger partial charge in [-0.15, -0.1) is 0 Å². The van der Waals surface area contributed by atoms with E-state index in [0.29, 0.717) is 6.04 Å². The summed E-state index contributed by atoms with van der Waals surface area (Å²) in [5.74, 6) is 1.48. The van der Waals surface area contributed by atoms with Crippen molar-refractivity contribution in [2.24, 2.45) is 0 Å². The lowest BCUT2D eigenvalue weighted by Gasteiger charge is -2.32. The van der Waals surface area contributed by atoms with Crippen molar-refractivity contribution in [3.8, 4) is 11.5 Å². The van der Waals surface area contributed by atoms with E-state index in [-0.39, 0.29) is 18.2 Å². The molecule has 112 valence electrons. The van der Waals surface area contributed by atoms with Gasteiger partial charge in [-0.3, -0.25) is 0 Å². The summed E-state index contributed by atoms with van der Waals surface area (Å²) >= 11 is 0. The second-order valence-electron chi connectivity index (χ2n) is 5.92. The molecule has 1 aliphatic rings. The number of rotatable bonds is 8. The predicted molar refractivity (Wildman–Crippen MR) is 79.3 cm³/mol. The highest BCUT2D eigenvalue weighted by Crippen LogP contribution is 2.29. The zero-order valence-corrected chi connectivity index (χ0v) is 12.6. The number of aliphatic hydroxyl groups excluding tert-OH is 1. The van der Waals surface area contributed by atoms with Gasteiger partial charge < -0.3 is 19.9 Å². The van der Waals surface area contributed by atoms with Gasteiger partial charge in [-0.2, -0.15) is 0 Å². The lowest BCUT2D eigenvalue weighted by Crippen LogP contribution is -2.49. The molecule has 2 rings (SSSR count). The van der Waals surface area contributed by atoms with Gasteiger partial charge in [0.25, 0.3) is 0 Å². The van der Waals surface area contributed by atoms with Crippen molar-refractivity contribution < 1.29 is 14.6 Å². The summed E-state index contributed by atoms with van der Waals surface area (Å²) in [6.07, 6.45) is 3.15. The first-order chi connectivity index (χ1) is 9.56. The van der Waals surface area contributed by atoms with Gasteiger partial charge in [-0.25, -0.2) is 0 Å². The fraction of sp³-hybridized carbons (Fsp3) is 0.625. The summed E-state index contributed by atoms with van der Waals surface area (Å²) in [7, 11) is 1.64. The van der Waals surface area contributed by atoms with Gasteiger partial charge in [-0.05, 0) is 38.8 Å². The monoisotopic (exact) mass is 279 g/mol. The fourth-order valence-corrected chi connectivity index (χ4v) is 2.50. The molecule has 0 aliphatic heterocycles. The average Bonchev–Trinajstić information content (AvgIpc) is 3.22. The Morgan fingerprint density at radius 1 is 1.35 bits per heavy atom. The van der Waals surface area contributed by atoms with Gasteiger partial charge in [-0.1, -0.05) is 12.1 Å². The van der Waals surface area contributed by atoms with Crippen molar-refractivity contribution in [3.63, 3.8) is 0 Å². The molecule has 1 aliphatic carbocycles. The Morgan fingerprint density at radius 2 is 2.00 bits per heavy atom. The van der Waals surface area contributed by atoms with E-state index in [4.69, 9.17) is 9.47 Å².